The van der Waals surface area contributed by atoms with Crippen molar-refractivity contribution in [2.75, 3.05) is 11.5 Å². The third-order valence-electron chi connectivity index (χ3n) is 3.08. The van der Waals surface area contributed by atoms with E-state index in [4.69, 9.17) is 0 Å². The van der Waals surface area contributed by atoms with Gasteiger partial charge in [0.1, 0.15) is 0 Å². The van der Waals surface area contributed by atoms with Gasteiger partial charge in [-0.1, -0.05) is 6.92 Å². The SMILES string of the molecule is CCS(=O)CCn1ccc2c1CCCC2=O. The fourth-order valence-corrected chi connectivity index (χ4v) is 2.83. The van der Waals surface area contributed by atoms with E-state index in [-0.39, 0.29) is 5.78 Å². The Morgan fingerprint density at radius 3 is 3.00 bits per heavy atom. The van der Waals surface area contributed by atoms with Crippen molar-refractivity contribution in [3.8, 4) is 0 Å². The van der Waals surface area contributed by atoms with Gasteiger partial charge >= 0.3 is 0 Å². The van der Waals surface area contributed by atoms with Crippen molar-refractivity contribution in [2.45, 2.75) is 32.7 Å². The number of aryl methyl sites for hydroxylation is 1. The first-order chi connectivity index (χ1) is 7.72. The van der Waals surface area contributed by atoms with Crippen LogP contribution >= 0.6 is 0 Å². The van der Waals surface area contributed by atoms with Gasteiger partial charge in [0.25, 0.3) is 0 Å². The Hall–Kier alpha value is -0.900. The Morgan fingerprint density at radius 1 is 1.44 bits per heavy atom. The zero-order valence-electron chi connectivity index (χ0n) is 9.57. The van der Waals surface area contributed by atoms with Gasteiger partial charge in [0.05, 0.1) is 0 Å². The molecule has 1 heterocycles. The summed E-state index contributed by atoms with van der Waals surface area (Å²) in [7, 11) is -0.727. The zero-order chi connectivity index (χ0) is 11.5. The summed E-state index contributed by atoms with van der Waals surface area (Å²) in [4.78, 5) is 11.6. The highest BCUT2D eigenvalue weighted by Gasteiger charge is 2.20. The van der Waals surface area contributed by atoms with Crippen molar-refractivity contribution in [1.29, 1.82) is 0 Å². The van der Waals surface area contributed by atoms with Crippen molar-refractivity contribution in [3.63, 3.8) is 0 Å². The van der Waals surface area contributed by atoms with Crippen LogP contribution in [-0.4, -0.2) is 26.1 Å². The molecular formula is C12H17NO2S. The molecule has 0 N–H and O–H groups in total. The molecule has 1 aliphatic carbocycles. The zero-order valence-corrected chi connectivity index (χ0v) is 10.4. The van der Waals surface area contributed by atoms with E-state index in [2.05, 4.69) is 4.57 Å². The minimum absolute atomic E-state index is 0.261. The van der Waals surface area contributed by atoms with Gasteiger partial charge < -0.3 is 4.57 Å². The van der Waals surface area contributed by atoms with Gasteiger partial charge in [0, 0.05) is 52.7 Å². The highest BCUT2D eigenvalue weighted by molar-refractivity contribution is 7.84. The molecule has 0 aliphatic heterocycles. The highest BCUT2D eigenvalue weighted by atomic mass is 32.2. The van der Waals surface area contributed by atoms with Crippen molar-refractivity contribution in [2.24, 2.45) is 0 Å². The number of hydrogen-bond donors (Lipinski definition) is 0. The number of Topliss-reactive ketones (excluding diaryl/α,β-unsaturated/α-hetero) is 1. The highest BCUT2D eigenvalue weighted by Crippen LogP contribution is 2.22. The fourth-order valence-electron chi connectivity index (χ4n) is 2.14. The molecule has 16 heavy (non-hydrogen) atoms. The molecular weight excluding hydrogens is 222 g/mol. The van der Waals surface area contributed by atoms with Crippen molar-refractivity contribution >= 4 is 16.6 Å². The first-order valence-corrected chi connectivity index (χ1v) is 7.27. The van der Waals surface area contributed by atoms with Gasteiger partial charge in [0.2, 0.25) is 0 Å². The number of carbonyl (C=O) groups excluding carboxylic acids is 1. The molecule has 0 spiro atoms. The maximum atomic E-state index is 11.6. The quantitative estimate of drug-likeness (QED) is 0.803. The maximum absolute atomic E-state index is 11.6. The van der Waals surface area contributed by atoms with Crippen LogP contribution in [0.5, 0.6) is 0 Å². The van der Waals surface area contributed by atoms with Gasteiger partial charge in [-0.05, 0) is 18.9 Å². The predicted molar refractivity (Wildman–Crippen MR) is 65.3 cm³/mol. The molecule has 88 valence electrons. The molecule has 0 aromatic carbocycles. The van der Waals surface area contributed by atoms with Crippen LogP contribution in [0.1, 0.15) is 35.8 Å². The van der Waals surface area contributed by atoms with Crippen LogP contribution in [0.2, 0.25) is 0 Å². The van der Waals surface area contributed by atoms with Gasteiger partial charge in [-0.25, -0.2) is 0 Å². The summed E-state index contributed by atoms with van der Waals surface area (Å²) >= 11 is 0. The predicted octanol–water partition coefficient (Wildman–Crippen LogP) is 1.78. The molecule has 0 saturated heterocycles. The standard InChI is InChI=1S/C12H17NO2S/c1-2-16(15)9-8-13-7-6-10-11(13)4-3-5-12(10)14/h6-7H,2-5,8-9H2,1H3. The smallest absolute Gasteiger partial charge is 0.164 e. The monoisotopic (exact) mass is 239 g/mol. The molecule has 1 aliphatic rings. The minimum atomic E-state index is -0.727. The Balaban J connectivity index is 2.11. The topological polar surface area (TPSA) is 39.1 Å². The lowest BCUT2D eigenvalue weighted by Gasteiger charge is -2.14. The fraction of sp³-hybridized carbons (Fsp3) is 0.583. The third-order valence-corrected chi connectivity index (χ3v) is 4.36. The first-order valence-electron chi connectivity index (χ1n) is 5.78. The van der Waals surface area contributed by atoms with Gasteiger partial charge in [-0.2, -0.15) is 0 Å². The van der Waals surface area contributed by atoms with E-state index in [1.54, 1.807) is 0 Å². The summed E-state index contributed by atoms with van der Waals surface area (Å²) in [5, 5.41) is 0. The Kier molecular flexibility index (Phi) is 3.59. The molecule has 1 unspecified atom stereocenters. The molecule has 0 amide bonds. The van der Waals surface area contributed by atoms with Crippen LogP contribution in [-0.2, 0) is 23.8 Å². The lowest BCUT2D eigenvalue weighted by Crippen LogP contribution is -2.15. The Morgan fingerprint density at radius 2 is 2.25 bits per heavy atom. The molecule has 4 heteroatoms. The van der Waals surface area contributed by atoms with Gasteiger partial charge in [0.15, 0.2) is 5.78 Å². The summed E-state index contributed by atoms with van der Waals surface area (Å²) in [6.45, 7) is 2.70. The Labute approximate surface area is 98.3 Å². The molecule has 0 fully saturated rings. The van der Waals surface area contributed by atoms with Crippen molar-refractivity contribution in [1.82, 2.24) is 4.57 Å². The van der Waals surface area contributed by atoms with Crippen LogP contribution in [0.25, 0.3) is 0 Å². The summed E-state index contributed by atoms with van der Waals surface area (Å²) in [6, 6.07) is 1.91. The van der Waals surface area contributed by atoms with Gasteiger partial charge in [-0.15, -0.1) is 0 Å². The van der Waals surface area contributed by atoms with Crippen LogP contribution in [0.3, 0.4) is 0 Å². The van der Waals surface area contributed by atoms with Crippen molar-refractivity contribution < 1.29 is 9.00 Å². The van der Waals surface area contributed by atoms with E-state index in [0.29, 0.717) is 17.9 Å². The maximum Gasteiger partial charge on any atom is 0.164 e. The second kappa shape index (κ2) is 4.95. The molecule has 1 atom stereocenters. The number of ketones is 1. The molecule has 1 aromatic heterocycles. The molecule has 0 bridgehead atoms. The lowest BCUT2D eigenvalue weighted by atomic mass is 9.97. The molecule has 0 radical (unpaired) electrons. The number of carbonyl (C=O) groups is 1. The summed E-state index contributed by atoms with van der Waals surface area (Å²) < 4.78 is 13.5. The Bertz CT molecular complexity index is 423. The molecule has 1 aromatic rings. The van der Waals surface area contributed by atoms with E-state index in [9.17, 15) is 9.00 Å². The number of rotatable bonds is 4. The average molecular weight is 239 g/mol. The third kappa shape index (κ3) is 2.26. The largest absolute Gasteiger partial charge is 0.350 e. The number of fused-ring (bicyclic) bond motifs is 1. The lowest BCUT2D eigenvalue weighted by molar-refractivity contribution is 0.0972. The molecule has 3 nitrogen and oxygen atoms in total. The van der Waals surface area contributed by atoms with E-state index in [0.717, 1.165) is 30.6 Å². The van der Waals surface area contributed by atoms with E-state index in [1.165, 1.54) is 0 Å². The second-order valence-electron chi connectivity index (χ2n) is 4.08. The van der Waals surface area contributed by atoms with E-state index < -0.39 is 10.8 Å². The second-order valence-corrected chi connectivity index (χ2v) is 5.94. The van der Waals surface area contributed by atoms with Crippen LogP contribution in [0, 0.1) is 0 Å². The minimum Gasteiger partial charge on any atom is -0.350 e. The number of hydrogen-bond acceptors (Lipinski definition) is 2. The number of aromatic nitrogens is 1. The molecule has 0 saturated carbocycles. The number of nitrogens with zero attached hydrogens (tertiary/aromatic N) is 1. The summed E-state index contributed by atoms with van der Waals surface area (Å²) in [6.07, 6.45) is 4.57. The van der Waals surface area contributed by atoms with Gasteiger partial charge in [-0.3, -0.25) is 9.00 Å². The summed E-state index contributed by atoms with van der Waals surface area (Å²) in [5.74, 6) is 1.66. The van der Waals surface area contributed by atoms with Crippen LogP contribution in [0.15, 0.2) is 12.3 Å². The van der Waals surface area contributed by atoms with E-state index in [1.807, 2.05) is 19.2 Å². The van der Waals surface area contributed by atoms with Crippen molar-refractivity contribution in [3.05, 3.63) is 23.5 Å². The summed E-state index contributed by atoms with van der Waals surface area (Å²) in [5.41, 5.74) is 2.03. The molecule has 2 rings (SSSR count). The van der Waals surface area contributed by atoms with E-state index >= 15 is 0 Å². The first kappa shape index (κ1) is 11.6. The average Bonchev–Trinajstić information content (AvgIpc) is 2.70. The van der Waals surface area contributed by atoms with Crippen LogP contribution in [0.4, 0.5) is 0 Å². The normalized spacial score (nSPS) is 17.2. The van der Waals surface area contributed by atoms with Crippen LogP contribution < -0.4 is 0 Å².